The minimum Gasteiger partial charge on any atom is -0.393 e. The van der Waals surface area contributed by atoms with E-state index in [2.05, 4.69) is 9.97 Å². The molecule has 0 aliphatic rings. The number of Topliss-reactive ketones (excluding diaryl/α,β-unsaturated/α-hetero) is 1. The highest BCUT2D eigenvalue weighted by Crippen LogP contribution is 2.29. The minimum atomic E-state index is -1.22. The zero-order valence-corrected chi connectivity index (χ0v) is 16.9. The molecular formula is C24H18F4N2O2. The summed E-state index contributed by atoms with van der Waals surface area (Å²) in [5, 5.41) is 10.2. The molecule has 0 saturated heterocycles. The molecular weight excluding hydrogens is 424 g/mol. The fourth-order valence-electron chi connectivity index (χ4n) is 3.70. The lowest BCUT2D eigenvalue weighted by atomic mass is 9.87. The number of aliphatic hydroxyl groups is 1. The first-order valence-corrected chi connectivity index (χ1v) is 9.86. The van der Waals surface area contributed by atoms with Crippen LogP contribution in [0.15, 0.2) is 54.6 Å². The summed E-state index contributed by atoms with van der Waals surface area (Å²) in [6, 6.07) is 11.3. The number of halogens is 4. The molecule has 164 valence electrons. The van der Waals surface area contributed by atoms with Crippen molar-refractivity contribution in [2.24, 2.45) is 5.92 Å². The number of rotatable bonds is 6. The number of H-pyrrole nitrogens is 1. The SMILES string of the molecule is CC(O)C(Cc1c(F)cccc1F)C(=O)c1cccc2[nH]c(-c3c(F)cccc3F)nc12. The fourth-order valence-corrected chi connectivity index (χ4v) is 3.70. The number of ketones is 1. The number of carbonyl (C=O) groups is 1. The second-order valence-electron chi connectivity index (χ2n) is 7.50. The zero-order chi connectivity index (χ0) is 23.0. The van der Waals surface area contributed by atoms with Crippen LogP contribution in [-0.2, 0) is 6.42 Å². The Labute approximate surface area is 180 Å². The summed E-state index contributed by atoms with van der Waals surface area (Å²) in [5.41, 5.74) is -0.146. The molecule has 0 saturated carbocycles. The summed E-state index contributed by atoms with van der Waals surface area (Å²) in [4.78, 5) is 20.3. The third-order valence-electron chi connectivity index (χ3n) is 5.38. The van der Waals surface area contributed by atoms with Gasteiger partial charge in [-0.05, 0) is 49.7 Å². The molecule has 0 spiro atoms. The van der Waals surface area contributed by atoms with Crippen LogP contribution in [0, 0.1) is 29.2 Å². The predicted molar refractivity (Wildman–Crippen MR) is 111 cm³/mol. The lowest BCUT2D eigenvalue weighted by Gasteiger charge is -2.19. The van der Waals surface area contributed by atoms with Crippen molar-refractivity contribution in [2.75, 3.05) is 0 Å². The van der Waals surface area contributed by atoms with E-state index in [0.717, 1.165) is 24.3 Å². The predicted octanol–water partition coefficient (Wildman–Crippen LogP) is 5.21. The molecule has 3 aromatic carbocycles. The molecule has 4 aromatic rings. The number of benzene rings is 3. The van der Waals surface area contributed by atoms with E-state index < -0.39 is 41.1 Å². The average molecular weight is 442 g/mol. The summed E-state index contributed by atoms with van der Waals surface area (Å²) in [6.45, 7) is 1.35. The lowest BCUT2D eigenvalue weighted by molar-refractivity contribution is 0.0725. The van der Waals surface area contributed by atoms with Crippen LogP contribution in [0.3, 0.4) is 0 Å². The van der Waals surface area contributed by atoms with E-state index in [9.17, 15) is 27.5 Å². The highest BCUT2D eigenvalue weighted by atomic mass is 19.1. The van der Waals surface area contributed by atoms with E-state index in [1.807, 2.05) is 0 Å². The smallest absolute Gasteiger partial charge is 0.171 e. The van der Waals surface area contributed by atoms with Gasteiger partial charge >= 0.3 is 0 Å². The topological polar surface area (TPSA) is 66.0 Å². The first kappa shape index (κ1) is 21.7. The van der Waals surface area contributed by atoms with Crippen LogP contribution in [0.4, 0.5) is 17.6 Å². The Bertz CT molecular complexity index is 1280. The van der Waals surface area contributed by atoms with E-state index in [4.69, 9.17) is 0 Å². The van der Waals surface area contributed by atoms with Crippen molar-refractivity contribution in [3.63, 3.8) is 0 Å². The summed E-state index contributed by atoms with van der Waals surface area (Å²) in [7, 11) is 0. The van der Waals surface area contributed by atoms with Gasteiger partial charge in [0.15, 0.2) is 5.78 Å². The number of hydrogen-bond acceptors (Lipinski definition) is 3. The Kier molecular flexibility index (Phi) is 5.80. The standard InChI is InChI=1S/C24H18F4N2O2/c1-12(31)14(11-15-16(25)6-3-7-17(15)26)23(32)13-5-2-10-20-22(13)30-24(29-20)21-18(27)8-4-9-19(21)28/h2-10,12,14,31H,11H2,1H3,(H,29,30). The Morgan fingerprint density at radius 1 is 0.938 bits per heavy atom. The van der Waals surface area contributed by atoms with Gasteiger partial charge in [0.2, 0.25) is 0 Å². The Morgan fingerprint density at radius 3 is 2.09 bits per heavy atom. The van der Waals surface area contributed by atoms with Crippen LogP contribution in [0.5, 0.6) is 0 Å². The van der Waals surface area contributed by atoms with Crippen molar-refractivity contribution < 1.29 is 27.5 Å². The van der Waals surface area contributed by atoms with Gasteiger partial charge < -0.3 is 10.1 Å². The van der Waals surface area contributed by atoms with E-state index >= 15 is 0 Å². The molecule has 1 heterocycles. The molecule has 2 N–H and O–H groups in total. The Hall–Kier alpha value is -3.52. The van der Waals surface area contributed by atoms with Crippen LogP contribution in [-0.4, -0.2) is 27.0 Å². The van der Waals surface area contributed by atoms with Crippen LogP contribution >= 0.6 is 0 Å². The van der Waals surface area contributed by atoms with Gasteiger partial charge in [0, 0.05) is 11.1 Å². The van der Waals surface area contributed by atoms with Gasteiger partial charge in [0.05, 0.1) is 28.6 Å². The number of nitrogens with zero attached hydrogens (tertiary/aromatic N) is 1. The monoisotopic (exact) mass is 442 g/mol. The Balaban J connectivity index is 1.78. The zero-order valence-electron chi connectivity index (χ0n) is 16.9. The number of aromatic nitrogens is 2. The number of nitrogens with one attached hydrogen (secondary N) is 1. The van der Waals surface area contributed by atoms with Crippen molar-refractivity contribution in [3.8, 4) is 11.4 Å². The fraction of sp³-hybridized carbons (Fsp3) is 0.167. The molecule has 0 fully saturated rings. The van der Waals surface area contributed by atoms with Gasteiger partial charge in [0.25, 0.3) is 0 Å². The van der Waals surface area contributed by atoms with Gasteiger partial charge in [-0.15, -0.1) is 0 Å². The van der Waals surface area contributed by atoms with Gasteiger partial charge in [-0.2, -0.15) is 0 Å². The van der Waals surface area contributed by atoms with Gasteiger partial charge in [-0.3, -0.25) is 4.79 Å². The Morgan fingerprint density at radius 2 is 1.50 bits per heavy atom. The molecule has 0 aliphatic heterocycles. The number of fused-ring (bicyclic) bond motifs is 1. The van der Waals surface area contributed by atoms with Crippen LogP contribution in [0.25, 0.3) is 22.4 Å². The number of carbonyl (C=O) groups excluding carboxylic acids is 1. The summed E-state index contributed by atoms with van der Waals surface area (Å²) < 4.78 is 56.7. The van der Waals surface area contributed by atoms with Gasteiger partial charge in [0.1, 0.15) is 29.1 Å². The summed E-state index contributed by atoms with van der Waals surface area (Å²) in [5.74, 6) is -5.16. The number of para-hydroxylation sites is 1. The molecule has 8 heteroatoms. The minimum absolute atomic E-state index is 0.0596. The van der Waals surface area contributed by atoms with Crippen molar-refractivity contribution in [3.05, 3.63) is 89.0 Å². The average Bonchev–Trinajstić information content (AvgIpc) is 3.16. The van der Waals surface area contributed by atoms with E-state index in [-0.39, 0.29) is 34.5 Å². The number of aliphatic hydroxyl groups excluding tert-OH is 1. The molecule has 2 unspecified atom stereocenters. The van der Waals surface area contributed by atoms with E-state index in [0.29, 0.717) is 5.52 Å². The summed E-state index contributed by atoms with van der Waals surface area (Å²) in [6.07, 6.45) is -1.59. The highest BCUT2D eigenvalue weighted by Gasteiger charge is 2.29. The van der Waals surface area contributed by atoms with Crippen molar-refractivity contribution in [1.82, 2.24) is 9.97 Å². The molecule has 0 radical (unpaired) electrons. The van der Waals surface area contributed by atoms with E-state index in [1.165, 1.54) is 31.2 Å². The second-order valence-corrected chi connectivity index (χ2v) is 7.50. The number of hydrogen-bond donors (Lipinski definition) is 2. The first-order chi connectivity index (χ1) is 15.3. The van der Waals surface area contributed by atoms with Crippen LogP contribution in [0.1, 0.15) is 22.8 Å². The van der Waals surface area contributed by atoms with Crippen molar-refractivity contribution in [2.45, 2.75) is 19.4 Å². The van der Waals surface area contributed by atoms with Crippen LogP contribution < -0.4 is 0 Å². The first-order valence-electron chi connectivity index (χ1n) is 9.86. The quantitative estimate of drug-likeness (QED) is 0.318. The maximum atomic E-state index is 14.2. The molecule has 2 atom stereocenters. The van der Waals surface area contributed by atoms with Crippen molar-refractivity contribution in [1.29, 1.82) is 0 Å². The van der Waals surface area contributed by atoms with Gasteiger partial charge in [-0.1, -0.05) is 18.2 Å². The lowest BCUT2D eigenvalue weighted by Crippen LogP contribution is -2.29. The second kappa shape index (κ2) is 8.55. The molecule has 0 amide bonds. The van der Waals surface area contributed by atoms with E-state index in [1.54, 1.807) is 6.07 Å². The number of imidazole rings is 1. The van der Waals surface area contributed by atoms with Gasteiger partial charge in [-0.25, -0.2) is 22.5 Å². The molecule has 32 heavy (non-hydrogen) atoms. The molecule has 1 aromatic heterocycles. The third kappa shape index (κ3) is 3.89. The maximum absolute atomic E-state index is 14.2. The largest absolute Gasteiger partial charge is 0.393 e. The van der Waals surface area contributed by atoms with Crippen molar-refractivity contribution >= 4 is 16.8 Å². The molecule has 0 bridgehead atoms. The maximum Gasteiger partial charge on any atom is 0.171 e. The molecule has 4 nitrogen and oxygen atoms in total. The van der Waals surface area contributed by atoms with Crippen LogP contribution in [0.2, 0.25) is 0 Å². The normalized spacial score (nSPS) is 13.3. The highest BCUT2D eigenvalue weighted by molar-refractivity contribution is 6.08. The summed E-state index contributed by atoms with van der Waals surface area (Å²) >= 11 is 0. The molecule has 4 rings (SSSR count). The number of aromatic amines is 1. The molecule has 0 aliphatic carbocycles. The third-order valence-corrected chi connectivity index (χ3v) is 5.38.